The van der Waals surface area contributed by atoms with Crippen molar-refractivity contribution in [3.63, 3.8) is 0 Å². The van der Waals surface area contributed by atoms with Crippen LogP contribution < -0.4 is 10.2 Å². The highest BCUT2D eigenvalue weighted by Gasteiger charge is 2.31. The molecule has 1 fully saturated rings. The van der Waals surface area contributed by atoms with Gasteiger partial charge in [0.15, 0.2) is 5.82 Å². The van der Waals surface area contributed by atoms with E-state index < -0.39 is 17.5 Å². The number of fused-ring (bicyclic) bond motifs is 4. The van der Waals surface area contributed by atoms with Crippen molar-refractivity contribution >= 4 is 49.4 Å². The van der Waals surface area contributed by atoms with Crippen molar-refractivity contribution in [2.45, 2.75) is 52.0 Å². The number of halogens is 1. The van der Waals surface area contributed by atoms with Crippen molar-refractivity contribution in [1.29, 1.82) is 5.26 Å². The first kappa shape index (κ1) is 27.3. The summed E-state index contributed by atoms with van der Waals surface area (Å²) in [5.74, 6) is 0.0290. The molecule has 0 saturated carbocycles. The van der Waals surface area contributed by atoms with Gasteiger partial charge in [0.25, 0.3) is 0 Å². The average molecular weight is 575 g/mol. The highest BCUT2D eigenvalue weighted by molar-refractivity contribution is 7.23. The van der Waals surface area contributed by atoms with E-state index in [0.717, 1.165) is 35.3 Å². The number of nitriles is 1. The molecule has 4 heterocycles. The summed E-state index contributed by atoms with van der Waals surface area (Å²) in [7, 11) is 4.11. The Morgan fingerprint density at radius 2 is 2.07 bits per heavy atom. The van der Waals surface area contributed by atoms with Crippen LogP contribution in [0, 0.1) is 17.1 Å². The molecule has 0 spiro atoms. The zero-order chi connectivity index (χ0) is 29.1. The Labute approximate surface area is 241 Å². The summed E-state index contributed by atoms with van der Waals surface area (Å²) in [5.41, 5.74) is 2.30. The SMILES string of the molecule is CN(C)[C@H]1CCN(c2ncc3c4c(c(-c5cccc6sc(NC(=O)OC(C)(C)C)c(C#N)c56)c(F)c3n2)COC4)C1. The van der Waals surface area contributed by atoms with Crippen LogP contribution in [-0.2, 0) is 22.7 Å². The van der Waals surface area contributed by atoms with E-state index in [4.69, 9.17) is 14.5 Å². The van der Waals surface area contributed by atoms with E-state index in [1.54, 1.807) is 33.0 Å². The molecule has 1 amide bonds. The number of likely N-dealkylation sites (N-methyl/N-ethyl adjacent to an activating group) is 1. The molecule has 0 radical (unpaired) electrons. The molecule has 1 atom stereocenters. The van der Waals surface area contributed by atoms with Gasteiger partial charge in [-0.2, -0.15) is 5.26 Å². The van der Waals surface area contributed by atoms with Gasteiger partial charge < -0.3 is 19.3 Å². The Morgan fingerprint density at radius 3 is 2.78 bits per heavy atom. The molecule has 2 aliphatic heterocycles. The minimum Gasteiger partial charge on any atom is -0.444 e. The second-order valence-electron chi connectivity index (χ2n) is 11.6. The highest BCUT2D eigenvalue weighted by Crippen LogP contribution is 2.46. The Hall–Kier alpha value is -3.85. The third-order valence-corrected chi connectivity index (χ3v) is 8.65. The van der Waals surface area contributed by atoms with Gasteiger partial charge in [0.1, 0.15) is 22.2 Å². The minimum atomic E-state index is -0.698. The molecule has 9 nitrogen and oxygen atoms in total. The number of carbonyl (C=O) groups excluding carboxylic acids is 1. The van der Waals surface area contributed by atoms with E-state index in [1.165, 1.54) is 11.3 Å². The van der Waals surface area contributed by atoms with Gasteiger partial charge in [-0.05, 0) is 64.0 Å². The van der Waals surface area contributed by atoms with Crippen LogP contribution in [0.3, 0.4) is 0 Å². The Bertz CT molecular complexity index is 1740. The van der Waals surface area contributed by atoms with Gasteiger partial charge in [0.2, 0.25) is 5.95 Å². The lowest BCUT2D eigenvalue weighted by atomic mass is 9.91. The van der Waals surface area contributed by atoms with E-state index in [9.17, 15) is 10.1 Å². The monoisotopic (exact) mass is 574 g/mol. The topological polar surface area (TPSA) is 104 Å². The smallest absolute Gasteiger partial charge is 0.412 e. The maximum absolute atomic E-state index is 16.7. The zero-order valence-corrected chi connectivity index (χ0v) is 24.5. The molecule has 11 heteroatoms. The number of hydrogen-bond acceptors (Lipinski definition) is 9. The lowest BCUT2D eigenvalue weighted by Gasteiger charge is -2.21. The van der Waals surface area contributed by atoms with Crippen molar-refractivity contribution in [2.24, 2.45) is 0 Å². The third-order valence-electron chi connectivity index (χ3n) is 7.57. The zero-order valence-electron chi connectivity index (χ0n) is 23.7. The molecular formula is C30H31FN6O3S. The number of hydrogen-bond donors (Lipinski definition) is 1. The molecule has 2 aromatic carbocycles. The van der Waals surface area contributed by atoms with Crippen LogP contribution in [0.15, 0.2) is 24.4 Å². The first-order valence-electron chi connectivity index (χ1n) is 13.5. The molecule has 2 aromatic heterocycles. The maximum Gasteiger partial charge on any atom is 0.412 e. The van der Waals surface area contributed by atoms with E-state index in [1.807, 2.05) is 12.1 Å². The number of benzene rings is 2. The second-order valence-corrected chi connectivity index (χ2v) is 12.7. The van der Waals surface area contributed by atoms with Crippen molar-refractivity contribution in [2.75, 3.05) is 37.4 Å². The summed E-state index contributed by atoms with van der Waals surface area (Å²) in [6.07, 6.45) is 2.03. The lowest BCUT2D eigenvalue weighted by Crippen LogP contribution is -2.32. The van der Waals surface area contributed by atoms with Gasteiger partial charge in [-0.3, -0.25) is 5.32 Å². The average Bonchev–Trinajstić information content (AvgIpc) is 3.66. The molecule has 4 aromatic rings. The van der Waals surface area contributed by atoms with Crippen LogP contribution in [0.5, 0.6) is 0 Å². The first-order chi connectivity index (χ1) is 19.6. The Morgan fingerprint density at radius 1 is 1.29 bits per heavy atom. The Balaban J connectivity index is 1.50. The van der Waals surface area contributed by atoms with Crippen molar-refractivity contribution in [1.82, 2.24) is 14.9 Å². The van der Waals surface area contributed by atoms with Crippen molar-refractivity contribution < 1.29 is 18.7 Å². The van der Waals surface area contributed by atoms with Crippen LogP contribution in [0.2, 0.25) is 0 Å². The molecule has 2 aliphatic rings. The summed E-state index contributed by atoms with van der Waals surface area (Å²) in [6.45, 7) is 7.44. The molecule has 0 aliphatic carbocycles. The predicted octanol–water partition coefficient (Wildman–Crippen LogP) is 6.04. The summed E-state index contributed by atoms with van der Waals surface area (Å²) in [6, 6.07) is 8.10. The third kappa shape index (κ3) is 4.86. The second kappa shape index (κ2) is 10.2. The number of nitrogens with one attached hydrogen (secondary N) is 1. The van der Waals surface area contributed by atoms with E-state index >= 15 is 4.39 Å². The number of rotatable bonds is 4. The van der Waals surface area contributed by atoms with Crippen LogP contribution in [0.25, 0.3) is 32.1 Å². The van der Waals surface area contributed by atoms with Crippen molar-refractivity contribution in [3.05, 3.63) is 46.9 Å². The minimum absolute atomic E-state index is 0.236. The van der Waals surface area contributed by atoms with E-state index in [0.29, 0.717) is 45.5 Å². The summed E-state index contributed by atoms with van der Waals surface area (Å²) in [4.78, 5) is 26.2. The van der Waals surface area contributed by atoms with Gasteiger partial charge in [0.05, 0.1) is 18.8 Å². The summed E-state index contributed by atoms with van der Waals surface area (Å²) in [5, 5.41) is 14.5. The summed E-state index contributed by atoms with van der Waals surface area (Å²) >= 11 is 1.25. The largest absolute Gasteiger partial charge is 0.444 e. The predicted molar refractivity (Wildman–Crippen MR) is 158 cm³/mol. The van der Waals surface area contributed by atoms with Gasteiger partial charge in [-0.15, -0.1) is 11.3 Å². The number of ether oxygens (including phenoxy) is 2. The molecule has 0 bridgehead atoms. The number of amides is 1. The lowest BCUT2D eigenvalue weighted by molar-refractivity contribution is 0.0636. The molecule has 41 heavy (non-hydrogen) atoms. The number of thiophene rings is 1. The van der Waals surface area contributed by atoms with Crippen LogP contribution in [-0.4, -0.2) is 59.8 Å². The van der Waals surface area contributed by atoms with Gasteiger partial charge in [-0.1, -0.05) is 12.1 Å². The number of carbonyl (C=O) groups is 1. The molecule has 1 saturated heterocycles. The highest BCUT2D eigenvalue weighted by atomic mass is 32.1. The van der Waals surface area contributed by atoms with E-state index in [-0.39, 0.29) is 17.7 Å². The molecule has 212 valence electrons. The summed E-state index contributed by atoms with van der Waals surface area (Å²) < 4.78 is 28.7. The van der Waals surface area contributed by atoms with Gasteiger partial charge in [-0.25, -0.2) is 19.2 Å². The normalized spacial score (nSPS) is 16.9. The van der Waals surface area contributed by atoms with E-state index in [2.05, 4.69) is 40.3 Å². The number of nitrogens with zero attached hydrogens (tertiary/aromatic N) is 5. The standard InChI is InChI=1S/C30H31FN6O3S/c1-30(2,3)40-29(38)35-27-18(11-32)23-17(7-6-8-22(23)41-27)24-21-15-39-14-20(21)19-12-33-28(34-26(19)25(24)31)37-10-9-16(13-37)36(4)5/h6-8,12,16H,9-10,13-15H2,1-5H3,(H,35,38)/t16-/m0/s1. The Kier molecular flexibility index (Phi) is 6.80. The number of anilines is 2. The fourth-order valence-electron chi connectivity index (χ4n) is 5.63. The van der Waals surface area contributed by atoms with Gasteiger partial charge in [0, 0.05) is 46.4 Å². The molecule has 6 rings (SSSR count). The maximum atomic E-state index is 16.7. The fourth-order valence-corrected chi connectivity index (χ4v) is 6.70. The number of aromatic nitrogens is 2. The molecule has 1 N–H and O–H groups in total. The fraction of sp³-hybridized carbons (Fsp3) is 0.400. The van der Waals surface area contributed by atoms with Gasteiger partial charge >= 0.3 is 6.09 Å². The quantitative estimate of drug-likeness (QED) is 0.315. The van der Waals surface area contributed by atoms with Crippen LogP contribution in [0.1, 0.15) is 43.9 Å². The van der Waals surface area contributed by atoms with Crippen molar-refractivity contribution in [3.8, 4) is 17.2 Å². The first-order valence-corrected chi connectivity index (χ1v) is 14.3. The van der Waals surface area contributed by atoms with Crippen LogP contribution >= 0.6 is 11.3 Å². The molecule has 0 unspecified atom stereocenters. The molecular weight excluding hydrogens is 543 g/mol. The van der Waals surface area contributed by atoms with Crippen LogP contribution in [0.4, 0.5) is 20.1 Å².